The fraction of sp³-hybridized carbons (Fsp3) is 0.714. The van der Waals surface area contributed by atoms with Crippen molar-refractivity contribution in [1.82, 2.24) is 10.2 Å². The van der Waals surface area contributed by atoms with Crippen LogP contribution in [0.1, 0.15) is 0 Å². The summed E-state index contributed by atoms with van der Waals surface area (Å²) in [5.74, 6) is -0.339. The molecule has 4 nitrogen and oxygen atoms in total. The van der Waals surface area contributed by atoms with Gasteiger partial charge in [-0.3, -0.25) is 14.9 Å². The molecule has 0 bridgehead atoms. The molecule has 2 atom stereocenters. The summed E-state index contributed by atoms with van der Waals surface area (Å²) in [6.07, 6.45) is 0. The van der Waals surface area contributed by atoms with Crippen LogP contribution in [0.15, 0.2) is 0 Å². The van der Waals surface area contributed by atoms with E-state index in [4.69, 9.17) is 0 Å². The highest BCUT2D eigenvalue weighted by Crippen LogP contribution is 2.26. The van der Waals surface area contributed by atoms with Crippen LogP contribution in [0.3, 0.4) is 0 Å². The summed E-state index contributed by atoms with van der Waals surface area (Å²) in [5.41, 5.74) is 0. The maximum atomic E-state index is 11.1. The Morgan fingerprint density at radius 1 is 1.27 bits per heavy atom. The smallest absolute Gasteiger partial charge is 0.231 e. The van der Waals surface area contributed by atoms with Gasteiger partial charge in [-0.15, -0.1) is 0 Å². The Hall–Kier alpha value is -0.900. The molecule has 4 heteroatoms. The molecule has 0 spiro atoms. The lowest BCUT2D eigenvalue weighted by molar-refractivity contribution is -0.126. The summed E-state index contributed by atoms with van der Waals surface area (Å²) in [7, 11) is 1.93. The number of fused-ring (bicyclic) bond motifs is 1. The average molecular weight is 154 g/mol. The van der Waals surface area contributed by atoms with E-state index in [0.717, 1.165) is 13.1 Å². The number of nitrogens with one attached hydrogen (secondary N) is 1. The number of hydrogen-bond donors (Lipinski definition) is 1. The van der Waals surface area contributed by atoms with Gasteiger partial charge in [-0.25, -0.2) is 0 Å². The summed E-state index contributed by atoms with van der Waals surface area (Å²) in [6.45, 7) is 1.45. The molecule has 2 saturated heterocycles. The van der Waals surface area contributed by atoms with Crippen molar-refractivity contribution in [3.8, 4) is 0 Å². The Bertz CT molecular complexity index is 204. The third kappa shape index (κ3) is 0.860. The molecule has 0 radical (unpaired) electrons. The van der Waals surface area contributed by atoms with Crippen LogP contribution in [-0.2, 0) is 9.59 Å². The minimum atomic E-state index is -0.0932. The molecule has 2 amide bonds. The van der Waals surface area contributed by atoms with Crippen LogP contribution in [0.2, 0.25) is 0 Å². The first-order valence-electron chi connectivity index (χ1n) is 3.72. The van der Waals surface area contributed by atoms with E-state index in [9.17, 15) is 9.59 Å². The highest BCUT2D eigenvalue weighted by molar-refractivity contribution is 6.05. The Morgan fingerprint density at radius 3 is 2.18 bits per heavy atom. The van der Waals surface area contributed by atoms with Crippen molar-refractivity contribution >= 4 is 11.8 Å². The molecule has 0 aromatic rings. The van der Waals surface area contributed by atoms with Crippen molar-refractivity contribution < 1.29 is 9.59 Å². The van der Waals surface area contributed by atoms with Crippen LogP contribution >= 0.6 is 0 Å². The third-order valence-electron chi connectivity index (χ3n) is 2.42. The van der Waals surface area contributed by atoms with Crippen LogP contribution in [0.5, 0.6) is 0 Å². The van der Waals surface area contributed by atoms with E-state index < -0.39 is 0 Å². The second-order valence-corrected chi connectivity index (χ2v) is 3.29. The zero-order valence-corrected chi connectivity index (χ0v) is 6.33. The normalized spacial score (nSPS) is 37.5. The zero-order valence-electron chi connectivity index (χ0n) is 6.33. The van der Waals surface area contributed by atoms with Gasteiger partial charge in [-0.05, 0) is 7.05 Å². The first-order chi connectivity index (χ1) is 5.18. The summed E-state index contributed by atoms with van der Waals surface area (Å²) < 4.78 is 0. The second-order valence-electron chi connectivity index (χ2n) is 3.29. The topological polar surface area (TPSA) is 49.4 Å². The highest BCUT2D eigenvalue weighted by Gasteiger charge is 2.46. The van der Waals surface area contributed by atoms with E-state index in [-0.39, 0.29) is 23.7 Å². The van der Waals surface area contributed by atoms with Gasteiger partial charge in [0, 0.05) is 13.1 Å². The molecule has 0 aromatic heterocycles. The highest BCUT2D eigenvalue weighted by atomic mass is 16.2. The largest absolute Gasteiger partial charge is 0.305 e. The van der Waals surface area contributed by atoms with Gasteiger partial charge in [0.2, 0.25) is 11.8 Å². The van der Waals surface area contributed by atoms with Gasteiger partial charge < -0.3 is 4.90 Å². The maximum absolute atomic E-state index is 11.1. The van der Waals surface area contributed by atoms with Gasteiger partial charge in [0.15, 0.2) is 0 Å². The molecule has 2 rings (SSSR count). The first-order valence-corrected chi connectivity index (χ1v) is 3.72. The van der Waals surface area contributed by atoms with Crippen molar-refractivity contribution in [1.29, 1.82) is 0 Å². The van der Waals surface area contributed by atoms with Crippen molar-refractivity contribution in [2.45, 2.75) is 0 Å². The molecule has 1 N–H and O–H groups in total. The number of carbonyl (C=O) groups excluding carboxylic acids is 2. The third-order valence-corrected chi connectivity index (χ3v) is 2.42. The van der Waals surface area contributed by atoms with E-state index in [2.05, 4.69) is 5.32 Å². The van der Waals surface area contributed by atoms with Gasteiger partial charge in [0.1, 0.15) is 0 Å². The quantitative estimate of drug-likeness (QED) is 0.447. The fourth-order valence-corrected chi connectivity index (χ4v) is 1.84. The predicted molar refractivity (Wildman–Crippen MR) is 37.6 cm³/mol. The minimum absolute atomic E-state index is 0.0764. The number of imide groups is 1. The lowest BCUT2D eigenvalue weighted by Gasteiger charge is -2.06. The molecule has 2 aliphatic rings. The molecule has 11 heavy (non-hydrogen) atoms. The Kier molecular flexibility index (Phi) is 1.26. The molecule has 2 unspecified atom stereocenters. The summed E-state index contributed by atoms with van der Waals surface area (Å²) in [5, 5.41) is 2.33. The van der Waals surface area contributed by atoms with Crippen LogP contribution in [-0.4, -0.2) is 36.9 Å². The van der Waals surface area contributed by atoms with Gasteiger partial charge in [0.05, 0.1) is 11.8 Å². The zero-order chi connectivity index (χ0) is 8.01. The summed E-state index contributed by atoms with van der Waals surface area (Å²) >= 11 is 0. The Labute approximate surface area is 64.5 Å². The first kappa shape index (κ1) is 6.79. The molecular weight excluding hydrogens is 144 g/mol. The van der Waals surface area contributed by atoms with E-state index in [1.807, 2.05) is 11.9 Å². The molecule has 2 fully saturated rings. The van der Waals surface area contributed by atoms with E-state index in [1.165, 1.54) is 0 Å². The van der Waals surface area contributed by atoms with Crippen LogP contribution in [0, 0.1) is 11.8 Å². The molecule has 0 saturated carbocycles. The van der Waals surface area contributed by atoms with Gasteiger partial charge in [-0.2, -0.15) is 0 Å². The molecule has 0 aliphatic carbocycles. The molecule has 2 heterocycles. The van der Waals surface area contributed by atoms with E-state index >= 15 is 0 Å². The number of carbonyl (C=O) groups is 2. The van der Waals surface area contributed by atoms with E-state index in [1.54, 1.807) is 0 Å². The molecule has 0 aromatic carbocycles. The number of hydrogen-bond acceptors (Lipinski definition) is 3. The predicted octanol–water partition coefficient (Wildman–Crippen LogP) is -1.18. The molecular formula is C7H10N2O2. The summed E-state index contributed by atoms with van der Waals surface area (Å²) in [4.78, 5) is 24.1. The molecule has 60 valence electrons. The number of nitrogens with zero attached hydrogens (tertiary/aromatic N) is 1. The minimum Gasteiger partial charge on any atom is -0.305 e. The average Bonchev–Trinajstić information content (AvgIpc) is 2.38. The number of amides is 2. The van der Waals surface area contributed by atoms with Crippen molar-refractivity contribution in [2.75, 3.05) is 20.1 Å². The lowest BCUT2D eigenvalue weighted by atomic mass is 10.00. The maximum Gasteiger partial charge on any atom is 0.231 e. The van der Waals surface area contributed by atoms with Gasteiger partial charge in [0.25, 0.3) is 0 Å². The SMILES string of the molecule is CN1CC2C(=O)NC(=O)C2C1. The monoisotopic (exact) mass is 154 g/mol. The van der Waals surface area contributed by atoms with Gasteiger partial charge >= 0.3 is 0 Å². The molecule has 2 aliphatic heterocycles. The van der Waals surface area contributed by atoms with E-state index in [0.29, 0.717) is 0 Å². The Morgan fingerprint density at radius 2 is 1.73 bits per heavy atom. The van der Waals surface area contributed by atoms with Crippen molar-refractivity contribution in [2.24, 2.45) is 11.8 Å². The van der Waals surface area contributed by atoms with Crippen LogP contribution < -0.4 is 5.32 Å². The Balaban J connectivity index is 2.23. The summed E-state index contributed by atoms with van der Waals surface area (Å²) in [6, 6.07) is 0. The van der Waals surface area contributed by atoms with Crippen LogP contribution in [0.25, 0.3) is 0 Å². The fourth-order valence-electron chi connectivity index (χ4n) is 1.84. The van der Waals surface area contributed by atoms with Crippen molar-refractivity contribution in [3.05, 3.63) is 0 Å². The van der Waals surface area contributed by atoms with Crippen LogP contribution in [0.4, 0.5) is 0 Å². The second kappa shape index (κ2) is 2.04. The van der Waals surface area contributed by atoms with Crippen molar-refractivity contribution in [3.63, 3.8) is 0 Å². The van der Waals surface area contributed by atoms with Gasteiger partial charge in [-0.1, -0.05) is 0 Å². The lowest BCUT2D eigenvalue weighted by Crippen LogP contribution is -2.29. The standard InChI is InChI=1S/C7H10N2O2/c1-9-2-4-5(3-9)7(11)8-6(4)10/h4-5H,2-3H2,1H3,(H,8,10,11). The number of rotatable bonds is 0. The number of likely N-dealkylation sites (tertiary alicyclic amines) is 1.